The highest BCUT2D eigenvalue weighted by molar-refractivity contribution is 6.24. The van der Waals surface area contributed by atoms with Gasteiger partial charge in [-0.3, -0.25) is 4.90 Å². The van der Waals surface area contributed by atoms with Crippen molar-refractivity contribution in [2.24, 2.45) is 5.16 Å². The molecule has 0 unspecified atom stereocenters. The molecule has 0 spiro atoms. The summed E-state index contributed by atoms with van der Waals surface area (Å²) in [6, 6.07) is 14.9. The maximum absolute atomic E-state index is 12.5. The lowest BCUT2D eigenvalue weighted by Gasteiger charge is -2.26. The molecule has 1 N–H and O–H groups in total. The third kappa shape index (κ3) is 3.75. The van der Waals surface area contributed by atoms with E-state index in [1.807, 2.05) is 48.5 Å². The van der Waals surface area contributed by atoms with Crippen LogP contribution in [0.25, 0.3) is 11.1 Å². The van der Waals surface area contributed by atoms with Crippen molar-refractivity contribution < 1.29 is 24.3 Å². The van der Waals surface area contributed by atoms with Crippen molar-refractivity contribution in [2.45, 2.75) is 44.9 Å². The molecule has 2 atom stereocenters. The average Bonchev–Trinajstić information content (AvgIpc) is 3.25. The van der Waals surface area contributed by atoms with Crippen LogP contribution in [-0.2, 0) is 14.4 Å². The number of carboxylic acid groups (broad SMARTS) is 1. The molecule has 156 valence electrons. The third-order valence-corrected chi connectivity index (χ3v) is 5.12. The first kappa shape index (κ1) is 19.9. The minimum absolute atomic E-state index is 0.103. The van der Waals surface area contributed by atoms with Gasteiger partial charge in [0, 0.05) is 17.5 Å². The average molecular weight is 408 g/mol. The van der Waals surface area contributed by atoms with E-state index < -0.39 is 29.8 Å². The van der Waals surface area contributed by atoms with Gasteiger partial charge in [-0.2, -0.15) is 0 Å². The molecule has 0 radical (unpaired) electrons. The highest BCUT2D eigenvalue weighted by Crippen LogP contribution is 2.37. The van der Waals surface area contributed by atoms with Crippen molar-refractivity contribution in [1.82, 2.24) is 4.90 Å². The Morgan fingerprint density at radius 1 is 1.00 bits per heavy atom. The number of hydrogen-bond acceptors (Lipinski definition) is 5. The molecule has 1 amide bonds. The largest absolute Gasteiger partial charge is 0.480 e. The van der Waals surface area contributed by atoms with Crippen LogP contribution in [0.4, 0.5) is 4.79 Å². The van der Waals surface area contributed by atoms with Crippen LogP contribution in [0.3, 0.4) is 0 Å². The molecular formula is C23H24N2O5. The molecule has 2 aromatic rings. The van der Waals surface area contributed by atoms with Crippen molar-refractivity contribution >= 4 is 17.8 Å². The summed E-state index contributed by atoms with van der Waals surface area (Å²) in [5.41, 5.74) is 4.10. The summed E-state index contributed by atoms with van der Waals surface area (Å²) in [6.07, 6.45) is -1.05. The standard InChI is InChI=1S/C23H24N2O5/c1-23(2,3)29-22(28)25-13-14(12-19(25)21(26)27)30-24-20-17-10-6-4-8-15(17)16-9-5-7-11-18(16)20/h4-11,14,19H,12-13H2,1-3H3,(H,26,27)/t14-,19+/m1/s1. The van der Waals surface area contributed by atoms with Gasteiger partial charge in [-0.15, -0.1) is 0 Å². The molecule has 1 saturated heterocycles. The number of likely N-dealkylation sites (tertiary alicyclic amines) is 1. The summed E-state index contributed by atoms with van der Waals surface area (Å²) < 4.78 is 5.35. The van der Waals surface area contributed by atoms with Gasteiger partial charge in [0.1, 0.15) is 23.5 Å². The van der Waals surface area contributed by atoms with E-state index in [9.17, 15) is 14.7 Å². The molecule has 1 fully saturated rings. The van der Waals surface area contributed by atoms with Gasteiger partial charge < -0.3 is 14.7 Å². The zero-order chi connectivity index (χ0) is 21.5. The predicted molar refractivity (Wildman–Crippen MR) is 111 cm³/mol. The number of ether oxygens (including phenoxy) is 1. The van der Waals surface area contributed by atoms with Gasteiger partial charge in [-0.1, -0.05) is 53.7 Å². The van der Waals surface area contributed by atoms with Crippen LogP contribution in [0.15, 0.2) is 53.7 Å². The van der Waals surface area contributed by atoms with E-state index in [0.717, 1.165) is 22.3 Å². The van der Waals surface area contributed by atoms with E-state index in [1.165, 1.54) is 4.90 Å². The van der Waals surface area contributed by atoms with Gasteiger partial charge in [0.25, 0.3) is 0 Å². The van der Waals surface area contributed by atoms with E-state index in [0.29, 0.717) is 5.71 Å². The first-order chi connectivity index (χ1) is 14.2. The maximum Gasteiger partial charge on any atom is 0.411 e. The summed E-state index contributed by atoms with van der Waals surface area (Å²) in [4.78, 5) is 31.1. The number of carbonyl (C=O) groups is 2. The Balaban J connectivity index is 1.56. The number of amides is 1. The molecule has 0 aromatic heterocycles. The minimum Gasteiger partial charge on any atom is -0.480 e. The Morgan fingerprint density at radius 2 is 1.53 bits per heavy atom. The second-order valence-electron chi connectivity index (χ2n) is 8.48. The fourth-order valence-corrected chi connectivity index (χ4v) is 3.85. The summed E-state index contributed by atoms with van der Waals surface area (Å²) in [5, 5.41) is 13.9. The number of carboxylic acids is 1. The summed E-state index contributed by atoms with van der Waals surface area (Å²) >= 11 is 0. The lowest BCUT2D eigenvalue weighted by molar-refractivity contribution is -0.142. The fourth-order valence-electron chi connectivity index (χ4n) is 3.85. The second kappa shape index (κ2) is 7.48. The molecule has 0 saturated carbocycles. The van der Waals surface area contributed by atoms with E-state index >= 15 is 0 Å². The molecule has 4 rings (SSSR count). The fraction of sp³-hybridized carbons (Fsp3) is 0.348. The lowest BCUT2D eigenvalue weighted by Crippen LogP contribution is -2.43. The first-order valence-corrected chi connectivity index (χ1v) is 9.90. The summed E-state index contributed by atoms with van der Waals surface area (Å²) in [5.74, 6) is -1.09. The van der Waals surface area contributed by atoms with Crippen LogP contribution in [0.5, 0.6) is 0 Å². The van der Waals surface area contributed by atoms with E-state index in [4.69, 9.17) is 9.57 Å². The molecule has 2 aliphatic rings. The van der Waals surface area contributed by atoms with Crippen LogP contribution in [0, 0.1) is 0 Å². The number of nitrogens with zero attached hydrogens (tertiary/aromatic N) is 2. The minimum atomic E-state index is -1.09. The Labute approximate surface area is 174 Å². The van der Waals surface area contributed by atoms with Gasteiger partial charge >= 0.3 is 12.1 Å². The van der Waals surface area contributed by atoms with E-state index in [2.05, 4.69) is 5.16 Å². The molecule has 1 aliphatic heterocycles. The molecule has 1 heterocycles. The van der Waals surface area contributed by atoms with Crippen LogP contribution < -0.4 is 0 Å². The lowest BCUT2D eigenvalue weighted by atomic mass is 10.1. The van der Waals surface area contributed by atoms with E-state index in [-0.39, 0.29) is 13.0 Å². The van der Waals surface area contributed by atoms with Gasteiger partial charge in [0.15, 0.2) is 0 Å². The molecule has 30 heavy (non-hydrogen) atoms. The molecule has 7 heteroatoms. The predicted octanol–water partition coefficient (Wildman–Crippen LogP) is 3.90. The number of carbonyl (C=O) groups excluding carboxylic acids is 1. The molecular weight excluding hydrogens is 384 g/mol. The van der Waals surface area contributed by atoms with Gasteiger partial charge in [0.2, 0.25) is 0 Å². The van der Waals surface area contributed by atoms with Crippen molar-refractivity contribution in [3.63, 3.8) is 0 Å². The highest BCUT2D eigenvalue weighted by Gasteiger charge is 2.43. The number of fused-ring (bicyclic) bond motifs is 3. The maximum atomic E-state index is 12.5. The summed E-state index contributed by atoms with van der Waals surface area (Å²) in [6.45, 7) is 5.33. The number of rotatable bonds is 3. The zero-order valence-electron chi connectivity index (χ0n) is 17.2. The number of hydrogen-bond donors (Lipinski definition) is 1. The van der Waals surface area contributed by atoms with E-state index in [1.54, 1.807) is 20.8 Å². The normalized spacial score (nSPS) is 19.8. The SMILES string of the molecule is CC(C)(C)OC(=O)N1C[C@H](ON=C2c3ccccc3-c3ccccc32)C[C@H]1C(=O)O. The van der Waals surface area contributed by atoms with Crippen LogP contribution in [0.2, 0.25) is 0 Å². The monoisotopic (exact) mass is 408 g/mol. The van der Waals surface area contributed by atoms with Crippen LogP contribution in [-0.4, -0.2) is 52.1 Å². The van der Waals surface area contributed by atoms with Crippen molar-refractivity contribution in [1.29, 1.82) is 0 Å². The number of aliphatic carboxylic acids is 1. The molecule has 1 aliphatic carbocycles. The van der Waals surface area contributed by atoms with Crippen molar-refractivity contribution in [3.8, 4) is 11.1 Å². The van der Waals surface area contributed by atoms with Gasteiger partial charge in [0.05, 0.1) is 6.54 Å². The quantitative estimate of drug-likeness (QED) is 0.664. The third-order valence-electron chi connectivity index (χ3n) is 5.12. The van der Waals surface area contributed by atoms with Crippen molar-refractivity contribution in [2.75, 3.05) is 6.54 Å². The second-order valence-corrected chi connectivity index (χ2v) is 8.48. The van der Waals surface area contributed by atoms with Crippen LogP contribution in [0.1, 0.15) is 38.3 Å². The Bertz CT molecular complexity index is 977. The highest BCUT2D eigenvalue weighted by atomic mass is 16.6. The molecule has 0 bridgehead atoms. The van der Waals surface area contributed by atoms with Gasteiger partial charge in [-0.05, 0) is 31.9 Å². The molecule has 7 nitrogen and oxygen atoms in total. The number of oxime groups is 1. The smallest absolute Gasteiger partial charge is 0.411 e. The van der Waals surface area contributed by atoms with Crippen LogP contribution >= 0.6 is 0 Å². The Hall–Kier alpha value is -3.35. The topological polar surface area (TPSA) is 88.4 Å². The molecule has 2 aromatic carbocycles. The zero-order valence-corrected chi connectivity index (χ0v) is 17.2. The Morgan fingerprint density at radius 3 is 2.03 bits per heavy atom. The summed E-state index contributed by atoms with van der Waals surface area (Å²) in [7, 11) is 0. The Kier molecular flexibility index (Phi) is 4.97. The first-order valence-electron chi connectivity index (χ1n) is 9.90. The number of benzene rings is 2. The van der Waals surface area contributed by atoms with Crippen molar-refractivity contribution in [3.05, 3.63) is 59.7 Å². The van der Waals surface area contributed by atoms with Gasteiger partial charge in [-0.25, -0.2) is 9.59 Å².